The molecule has 0 bridgehead atoms. The number of hydrogen-bond acceptors (Lipinski definition) is 10. The van der Waals surface area contributed by atoms with Crippen LogP contribution in [0.2, 0.25) is 0 Å². The summed E-state index contributed by atoms with van der Waals surface area (Å²) in [6.07, 6.45) is 2.41. The molecule has 6 rings (SSSR count). The maximum Gasteiger partial charge on any atom is 0.253 e. The highest BCUT2D eigenvalue weighted by Crippen LogP contribution is 2.39. The van der Waals surface area contributed by atoms with Gasteiger partial charge in [0.05, 0.1) is 26.0 Å². The number of para-hydroxylation sites is 1. The van der Waals surface area contributed by atoms with Gasteiger partial charge in [-0.1, -0.05) is 24.3 Å². The number of hydrazone groups is 1. The Morgan fingerprint density at radius 1 is 0.941 bits per heavy atom. The molecule has 2 amide bonds. The molecule has 2 N–H and O–H groups in total. The van der Waals surface area contributed by atoms with Gasteiger partial charge in [-0.2, -0.15) is 9.41 Å². The predicted molar refractivity (Wildman–Crippen MR) is 193 cm³/mol. The highest BCUT2D eigenvalue weighted by Gasteiger charge is 2.43. The average molecular weight is 715 g/mol. The van der Waals surface area contributed by atoms with Crippen molar-refractivity contribution in [2.45, 2.75) is 44.2 Å². The number of methoxy groups -OCH3 is 2. The number of pyridine rings is 1. The SMILES string of the molecule is COc1ccc(S(=O)(=O)N2CCC[C@H]2C(=O)N2CCN(C(=O)c3ccc(C=NN)cc3)CC2)c(OC)c1COc1cccc2c(C)cc(C)nc12. The number of amides is 2. The Morgan fingerprint density at radius 2 is 1.67 bits per heavy atom. The molecule has 0 spiro atoms. The molecule has 2 saturated heterocycles. The van der Waals surface area contributed by atoms with Crippen molar-refractivity contribution in [3.63, 3.8) is 0 Å². The number of carbonyl (C=O) groups is 2. The van der Waals surface area contributed by atoms with Gasteiger partial charge in [-0.3, -0.25) is 9.59 Å². The van der Waals surface area contributed by atoms with Crippen molar-refractivity contribution in [3.05, 3.63) is 88.6 Å². The fourth-order valence-corrected chi connectivity index (χ4v) is 8.72. The van der Waals surface area contributed by atoms with Crippen LogP contribution in [0.4, 0.5) is 0 Å². The van der Waals surface area contributed by atoms with E-state index in [-0.39, 0.29) is 35.6 Å². The summed E-state index contributed by atoms with van der Waals surface area (Å²) in [5.41, 5.74) is 4.33. The van der Waals surface area contributed by atoms with Crippen LogP contribution in [0.3, 0.4) is 0 Å². The Labute approximate surface area is 297 Å². The van der Waals surface area contributed by atoms with Crippen molar-refractivity contribution >= 4 is 39.0 Å². The molecule has 3 aromatic carbocycles. The predicted octanol–water partition coefficient (Wildman–Crippen LogP) is 3.88. The van der Waals surface area contributed by atoms with E-state index in [9.17, 15) is 18.0 Å². The minimum absolute atomic E-state index is 0.0546. The Morgan fingerprint density at radius 3 is 2.35 bits per heavy atom. The molecule has 2 fully saturated rings. The quantitative estimate of drug-likeness (QED) is 0.146. The van der Waals surface area contributed by atoms with Crippen molar-refractivity contribution < 1.29 is 32.2 Å². The van der Waals surface area contributed by atoms with Gasteiger partial charge in [-0.25, -0.2) is 13.4 Å². The first-order valence-electron chi connectivity index (χ1n) is 16.7. The third kappa shape index (κ3) is 7.06. The molecule has 51 heavy (non-hydrogen) atoms. The minimum atomic E-state index is -4.20. The number of fused-ring (bicyclic) bond motifs is 1. The van der Waals surface area contributed by atoms with Crippen LogP contribution in [0.15, 0.2) is 70.7 Å². The largest absolute Gasteiger partial charge is 0.496 e. The summed E-state index contributed by atoms with van der Waals surface area (Å²) in [5, 5.41) is 4.45. The molecule has 0 aliphatic carbocycles. The fraction of sp³-hybridized carbons (Fsp3) is 0.351. The second kappa shape index (κ2) is 15.0. The third-order valence-electron chi connectivity index (χ3n) is 9.45. The summed E-state index contributed by atoms with van der Waals surface area (Å²) in [6.45, 7) is 5.31. The molecule has 1 aromatic heterocycles. The van der Waals surface area contributed by atoms with E-state index in [0.717, 1.165) is 22.2 Å². The smallest absolute Gasteiger partial charge is 0.253 e. The summed E-state index contributed by atoms with van der Waals surface area (Å²) in [5.74, 6) is 5.81. The molecule has 0 unspecified atom stereocenters. The van der Waals surface area contributed by atoms with E-state index in [2.05, 4.69) is 10.1 Å². The molecule has 1 atom stereocenters. The number of nitrogens with two attached hydrogens (primary N) is 1. The summed E-state index contributed by atoms with van der Waals surface area (Å²) in [7, 11) is -1.30. The lowest BCUT2D eigenvalue weighted by molar-refractivity contribution is -0.136. The van der Waals surface area contributed by atoms with Gasteiger partial charge in [0.1, 0.15) is 40.3 Å². The number of aryl methyl sites for hydroxylation is 2. The van der Waals surface area contributed by atoms with E-state index in [4.69, 9.17) is 20.1 Å². The number of benzene rings is 3. The zero-order valence-electron chi connectivity index (χ0n) is 29.2. The zero-order valence-corrected chi connectivity index (χ0v) is 30.0. The van der Waals surface area contributed by atoms with Gasteiger partial charge in [0.25, 0.3) is 5.91 Å². The summed E-state index contributed by atoms with van der Waals surface area (Å²) in [6, 6.07) is 16.8. The van der Waals surface area contributed by atoms with Crippen LogP contribution < -0.4 is 20.1 Å². The van der Waals surface area contributed by atoms with Crippen LogP contribution in [0, 0.1) is 13.8 Å². The lowest BCUT2D eigenvalue weighted by Crippen LogP contribution is -2.55. The van der Waals surface area contributed by atoms with Crippen LogP contribution in [0.25, 0.3) is 10.9 Å². The molecular formula is C37H42N6O7S. The van der Waals surface area contributed by atoms with Gasteiger partial charge in [-0.05, 0) is 74.2 Å². The summed E-state index contributed by atoms with van der Waals surface area (Å²) in [4.78, 5) is 35.0. The van der Waals surface area contributed by atoms with Crippen LogP contribution in [0.5, 0.6) is 17.2 Å². The molecule has 13 nitrogen and oxygen atoms in total. The van der Waals surface area contributed by atoms with Crippen molar-refractivity contribution in [1.82, 2.24) is 19.1 Å². The van der Waals surface area contributed by atoms with Crippen molar-refractivity contribution in [1.29, 1.82) is 0 Å². The molecule has 3 heterocycles. The maximum atomic E-state index is 14.4. The Bertz CT molecular complexity index is 2080. The van der Waals surface area contributed by atoms with Gasteiger partial charge in [0, 0.05) is 49.4 Å². The number of ether oxygens (including phenoxy) is 3. The van der Waals surface area contributed by atoms with E-state index in [0.29, 0.717) is 67.2 Å². The molecule has 2 aliphatic rings. The van der Waals surface area contributed by atoms with E-state index >= 15 is 0 Å². The van der Waals surface area contributed by atoms with Gasteiger partial charge < -0.3 is 29.9 Å². The Balaban J connectivity index is 1.19. The topological polar surface area (TPSA) is 157 Å². The number of aromatic nitrogens is 1. The van der Waals surface area contributed by atoms with Crippen LogP contribution in [0.1, 0.15) is 45.6 Å². The molecule has 14 heteroatoms. The first kappa shape index (κ1) is 35.6. The monoisotopic (exact) mass is 714 g/mol. The zero-order chi connectivity index (χ0) is 36.3. The number of nitrogens with zero attached hydrogens (tertiary/aromatic N) is 5. The average Bonchev–Trinajstić information content (AvgIpc) is 3.65. The second-order valence-corrected chi connectivity index (χ2v) is 14.4. The molecule has 4 aromatic rings. The normalized spacial score (nSPS) is 16.9. The van der Waals surface area contributed by atoms with Crippen LogP contribution in [-0.2, 0) is 21.4 Å². The lowest BCUT2D eigenvalue weighted by atomic mass is 10.1. The third-order valence-corrected chi connectivity index (χ3v) is 11.4. The Hall–Kier alpha value is -5.21. The second-order valence-electron chi connectivity index (χ2n) is 12.6. The van der Waals surface area contributed by atoms with Crippen LogP contribution >= 0.6 is 0 Å². The van der Waals surface area contributed by atoms with Gasteiger partial charge in [-0.15, -0.1) is 0 Å². The van der Waals surface area contributed by atoms with E-state index < -0.39 is 16.1 Å². The fourth-order valence-electron chi connectivity index (χ4n) is 6.89. The van der Waals surface area contributed by atoms with Gasteiger partial charge in [0.15, 0.2) is 0 Å². The van der Waals surface area contributed by atoms with Gasteiger partial charge >= 0.3 is 0 Å². The van der Waals surface area contributed by atoms with Crippen molar-refractivity contribution in [2.24, 2.45) is 10.9 Å². The van der Waals surface area contributed by atoms with Crippen molar-refractivity contribution in [3.8, 4) is 17.2 Å². The number of hydrogen-bond donors (Lipinski definition) is 1. The lowest BCUT2D eigenvalue weighted by Gasteiger charge is -2.37. The van der Waals surface area contributed by atoms with Crippen LogP contribution in [-0.4, -0.2) is 98.5 Å². The number of piperazine rings is 1. The van der Waals surface area contributed by atoms with E-state index in [1.54, 1.807) is 40.1 Å². The molecule has 2 aliphatic heterocycles. The highest BCUT2D eigenvalue weighted by molar-refractivity contribution is 7.89. The molecule has 268 valence electrons. The van der Waals surface area contributed by atoms with Crippen molar-refractivity contribution in [2.75, 3.05) is 46.9 Å². The molecular weight excluding hydrogens is 673 g/mol. The molecule has 0 saturated carbocycles. The Kier molecular flexibility index (Phi) is 10.4. The van der Waals surface area contributed by atoms with Gasteiger partial charge in [0.2, 0.25) is 15.9 Å². The minimum Gasteiger partial charge on any atom is -0.496 e. The number of carbonyl (C=O) groups excluding carboxylic acids is 2. The summed E-state index contributed by atoms with van der Waals surface area (Å²) >= 11 is 0. The summed E-state index contributed by atoms with van der Waals surface area (Å²) < 4.78 is 47.7. The maximum absolute atomic E-state index is 14.4. The first-order valence-corrected chi connectivity index (χ1v) is 18.2. The molecule has 0 radical (unpaired) electrons. The first-order chi connectivity index (χ1) is 24.6. The standard InChI is InChI=1S/C37H42N6O7S/c1-24-21-25(2)40-34-28(24)7-5-9-32(34)50-23-29-31(48-3)14-15-33(35(29)49-4)51(46,47)43-16-6-8-30(43)37(45)42-19-17-41(18-20-42)36(44)27-12-10-26(11-13-27)22-39-38/h5,7,9-15,21-22,30H,6,8,16-20,23,38H2,1-4H3/t30-/m0/s1. The highest BCUT2D eigenvalue weighted by atomic mass is 32.2. The van der Waals surface area contributed by atoms with E-state index in [1.807, 2.05) is 38.1 Å². The number of rotatable bonds is 10. The van der Waals surface area contributed by atoms with E-state index in [1.165, 1.54) is 30.8 Å². The number of sulfonamides is 1.